The second kappa shape index (κ2) is 4.69. The molecule has 2 aliphatic heterocycles. The van der Waals surface area contributed by atoms with Crippen LogP contribution in [0.25, 0.3) is 0 Å². The average Bonchev–Trinajstić information content (AvgIpc) is 2.56. The van der Waals surface area contributed by atoms with E-state index in [0.29, 0.717) is 12.8 Å². The molecule has 0 spiro atoms. The smallest absolute Gasteiger partial charge is 0.411 e. The summed E-state index contributed by atoms with van der Waals surface area (Å²) >= 11 is 0. The summed E-state index contributed by atoms with van der Waals surface area (Å²) in [7, 11) is 0. The van der Waals surface area contributed by atoms with Gasteiger partial charge in [-0.25, -0.2) is 4.79 Å². The Kier molecular flexibility index (Phi) is 3.49. The summed E-state index contributed by atoms with van der Waals surface area (Å²) in [6, 6.07) is 0.120. The summed E-state index contributed by atoms with van der Waals surface area (Å²) in [5.74, 6) is 0. The zero-order valence-corrected chi connectivity index (χ0v) is 12.3. The molecule has 1 amide bonds. The van der Waals surface area contributed by atoms with Gasteiger partial charge in [0.25, 0.3) is 0 Å². The Hall–Kier alpha value is -1.26. The third-order valence-corrected chi connectivity index (χ3v) is 4.21. The first kappa shape index (κ1) is 14.2. The number of hydrogen-bond donors (Lipinski definition) is 1. The molecule has 1 N–H and O–H groups in total. The normalized spacial score (nSPS) is 32.7. The van der Waals surface area contributed by atoms with E-state index in [1.54, 1.807) is 0 Å². The fourth-order valence-corrected chi connectivity index (χ4v) is 3.37. The molecule has 2 saturated heterocycles. The van der Waals surface area contributed by atoms with Gasteiger partial charge in [-0.15, -0.1) is 0 Å². The fraction of sp³-hybridized carbons (Fsp3) is 0.857. The van der Waals surface area contributed by atoms with Crippen molar-refractivity contribution in [1.82, 2.24) is 4.90 Å². The van der Waals surface area contributed by atoms with Crippen molar-refractivity contribution >= 4 is 11.8 Å². The zero-order chi connectivity index (χ0) is 14.3. The molecule has 5 heteroatoms. The molecule has 2 aliphatic rings. The highest BCUT2D eigenvalue weighted by atomic mass is 16.6. The molecule has 2 fully saturated rings. The summed E-state index contributed by atoms with van der Waals surface area (Å²) in [6.07, 6.45) is 3.89. The maximum absolute atomic E-state index is 12.4. The van der Waals surface area contributed by atoms with E-state index >= 15 is 0 Å². The molecular formula is C14H24N2O3. The fourth-order valence-electron chi connectivity index (χ4n) is 3.37. The lowest BCUT2D eigenvalue weighted by Gasteiger charge is -2.44. The Balaban J connectivity index is 2.24. The molecule has 0 aliphatic carbocycles. The van der Waals surface area contributed by atoms with E-state index in [4.69, 9.17) is 9.94 Å². The molecule has 108 valence electrons. The maximum Gasteiger partial charge on any atom is 0.411 e. The van der Waals surface area contributed by atoms with Crippen molar-refractivity contribution in [2.75, 3.05) is 0 Å². The highest BCUT2D eigenvalue weighted by Crippen LogP contribution is 2.45. The van der Waals surface area contributed by atoms with Gasteiger partial charge in [0.15, 0.2) is 0 Å². The molecule has 2 atom stereocenters. The van der Waals surface area contributed by atoms with E-state index in [-0.39, 0.29) is 17.7 Å². The van der Waals surface area contributed by atoms with Crippen LogP contribution in [0.2, 0.25) is 0 Å². The zero-order valence-electron chi connectivity index (χ0n) is 12.3. The van der Waals surface area contributed by atoms with Gasteiger partial charge in [0.2, 0.25) is 0 Å². The van der Waals surface area contributed by atoms with Crippen molar-refractivity contribution in [2.24, 2.45) is 5.16 Å². The van der Waals surface area contributed by atoms with Crippen LogP contribution in [0.15, 0.2) is 5.16 Å². The van der Waals surface area contributed by atoms with Crippen LogP contribution in [0.3, 0.4) is 0 Å². The SMILES string of the molecule is CCC12CCC(C/C(=N/O)C1)N2C(=O)OC(C)(C)C. The van der Waals surface area contributed by atoms with Crippen LogP contribution in [-0.4, -0.2) is 39.1 Å². The first-order valence-corrected chi connectivity index (χ1v) is 7.03. The van der Waals surface area contributed by atoms with E-state index < -0.39 is 5.60 Å². The van der Waals surface area contributed by atoms with Gasteiger partial charge in [-0.3, -0.25) is 4.90 Å². The van der Waals surface area contributed by atoms with Crippen LogP contribution in [0.1, 0.15) is 59.8 Å². The molecule has 2 unspecified atom stereocenters. The van der Waals surface area contributed by atoms with Crippen LogP contribution in [-0.2, 0) is 4.74 Å². The third-order valence-electron chi connectivity index (χ3n) is 4.21. The van der Waals surface area contributed by atoms with Crippen LogP contribution in [0, 0.1) is 0 Å². The van der Waals surface area contributed by atoms with E-state index in [0.717, 1.165) is 25.0 Å². The Labute approximate surface area is 114 Å². The van der Waals surface area contributed by atoms with Crippen LogP contribution < -0.4 is 0 Å². The van der Waals surface area contributed by atoms with Gasteiger partial charge in [-0.1, -0.05) is 12.1 Å². The first-order chi connectivity index (χ1) is 8.81. The quantitative estimate of drug-likeness (QED) is 0.587. The largest absolute Gasteiger partial charge is 0.444 e. The highest BCUT2D eigenvalue weighted by Gasteiger charge is 2.53. The molecule has 0 saturated carbocycles. The molecule has 2 rings (SSSR count). The highest BCUT2D eigenvalue weighted by molar-refractivity contribution is 5.89. The molecule has 2 heterocycles. The number of rotatable bonds is 1. The molecule has 0 aromatic heterocycles. The maximum atomic E-state index is 12.4. The molecule has 0 aromatic rings. The second-order valence-electron chi connectivity index (χ2n) is 6.67. The lowest BCUT2D eigenvalue weighted by atomic mass is 9.85. The minimum absolute atomic E-state index is 0.120. The molecular weight excluding hydrogens is 244 g/mol. The van der Waals surface area contributed by atoms with E-state index in [1.165, 1.54) is 0 Å². The topological polar surface area (TPSA) is 62.1 Å². The van der Waals surface area contributed by atoms with E-state index in [1.807, 2.05) is 25.7 Å². The second-order valence-corrected chi connectivity index (χ2v) is 6.67. The van der Waals surface area contributed by atoms with Gasteiger partial charge < -0.3 is 9.94 Å². The van der Waals surface area contributed by atoms with Gasteiger partial charge in [-0.05, 0) is 40.0 Å². The Morgan fingerprint density at radius 2 is 2.26 bits per heavy atom. The van der Waals surface area contributed by atoms with Gasteiger partial charge in [0.05, 0.1) is 11.3 Å². The van der Waals surface area contributed by atoms with Gasteiger partial charge in [0.1, 0.15) is 5.60 Å². The minimum atomic E-state index is -0.475. The predicted molar refractivity (Wildman–Crippen MR) is 72.6 cm³/mol. The van der Waals surface area contributed by atoms with Crippen LogP contribution in [0.5, 0.6) is 0 Å². The van der Waals surface area contributed by atoms with Crippen molar-refractivity contribution in [3.8, 4) is 0 Å². The number of piperidine rings is 1. The number of oxime groups is 1. The number of ether oxygens (including phenoxy) is 1. The van der Waals surface area contributed by atoms with Gasteiger partial charge in [-0.2, -0.15) is 0 Å². The number of hydrogen-bond acceptors (Lipinski definition) is 4. The van der Waals surface area contributed by atoms with Crippen LogP contribution in [0.4, 0.5) is 4.79 Å². The molecule has 2 bridgehead atoms. The summed E-state index contributed by atoms with van der Waals surface area (Å²) in [6.45, 7) is 7.74. The van der Waals surface area contributed by atoms with Gasteiger partial charge in [0, 0.05) is 18.9 Å². The summed E-state index contributed by atoms with van der Waals surface area (Å²) in [5, 5.41) is 12.4. The lowest BCUT2D eigenvalue weighted by molar-refractivity contribution is -0.00508. The molecule has 5 nitrogen and oxygen atoms in total. The predicted octanol–water partition coefficient (Wildman–Crippen LogP) is 3.16. The van der Waals surface area contributed by atoms with Crippen molar-refractivity contribution in [2.45, 2.75) is 77.0 Å². The average molecular weight is 268 g/mol. The van der Waals surface area contributed by atoms with Crippen molar-refractivity contribution in [3.05, 3.63) is 0 Å². The number of fused-ring (bicyclic) bond motifs is 2. The number of carbonyl (C=O) groups is 1. The summed E-state index contributed by atoms with van der Waals surface area (Å²) < 4.78 is 5.54. The monoisotopic (exact) mass is 268 g/mol. The number of amides is 1. The van der Waals surface area contributed by atoms with Gasteiger partial charge >= 0.3 is 6.09 Å². The summed E-state index contributed by atoms with van der Waals surface area (Å²) in [5.41, 5.74) is 0.119. The lowest BCUT2D eigenvalue weighted by Crippen LogP contribution is -2.56. The van der Waals surface area contributed by atoms with Crippen LogP contribution >= 0.6 is 0 Å². The summed E-state index contributed by atoms with van der Waals surface area (Å²) in [4.78, 5) is 14.3. The molecule has 19 heavy (non-hydrogen) atoms. The third kappa shape index (κ3) is 2.55. The van der Waals surface area contributed by atoms with Crippen molar-refractivity contribution < 1.29 is 14.7 Å². The van der Waals surface area contributed by atoms with E-state index in [2.05, 4.69) is 12.1 Å². The Bertz CT molecular complexity index is 400. The molecule has 0 aromatic carbocycles. The molecule has 0 radical (unpaired) electrons. The Morgan fingerprint density at radius 1 is 1.58 bits per heavy atom. The first-order valence-electron chi connectivity index (χ1n) is 7.03. The van der Waals surface area contributed by atoms with Crippen molar-refractivity contribution in [3.63, 3.8) is 0 Å². The number of carbonyl (C=O) groups excluding carboxylic acids is 1. The Morgan fingerprint density at radius 3 is 2.79 bits per heavy atom. The minimum Gasteiger partial charge on any atom is -0.444 e. The standard InChI is InChI=1S/C14H24N2O3/c1-5-14-7-6-11(8-10(9-14)15-18)16(14)12(17)19-13(2,3)4/h11,18H,5-9H2,1-4H3/b15-10-. The van der Waals surface area contributed by atoms with Crippen molar-refractivity contribution in [1.29, 1.82) is 0 Å². The van der Waals surface area contributed by atoms with E-state index in [9.17, 15) is 4.79 Å². The number of nitrogens with zero attached hydrogens (tertiary/aromatic N) is 2.